The first-order chi connectivity index (χ1) is 10.1. The van der Waals surface area contributed by atoms with E-state index in [0.29, 0.717) is 16.8 Å². The van der Waals surface area contributed by atoms with E-state index in [1.54, 1.807) is 36.4 Å². The number of carbonyl (C=O) groups excluding carboxylic acids is 2. The van der Waals surface area contributed by atoms with Crippen LogP contribution in [0, 0.1) is 0 Å². The lowest BCUT2D eigenvalue weighted by molar-refractivity contribution is -0.142. The van der Waals surface area contributed by atoms with Crippen molar-refractivity contribution in [2.24, 2.45) is 0 Å². The van der Waals surface area contributed by atoms with Gasteiger partial charge in [-0.2, -0.15) is 0 Å². The summed E-state index contributed by atoms with van der Waals surface area (Å²) in [5.41, 5.74) is 1.45. The fourth-order valence-corrected chi connectivity index (χ4v) is 1.81. The van der Waals surface area contributed by atoms with Crippen LogP contribution in [-0.2, 0) is 16.1 Å². The highest BCUT2D eigenvalue weighted by Crippen LogP contribution is 2.20. The van der Waals surface area contributed by atoms with E-state index in [0.717, 1.165) is 0 Å². The quantitative estimate of drug-likeness (QED) is 0.623. The minimum atomic E-state index is -0.389. The van der Waals surface area contributed by atoms with Gasteiger partial charge in [-0.1, -0.05) is 30.3 Å². The Kier molecular flexibility index (Phi) is 4.66. The van der Waals surface area contributed by atoms with Gasteiger partial charge in [0.05, 0.1) is 18.4 Å². The Morgan fingerprint density at radius 2 is 1.81 bits per heavy atom. The normalized spacial score (nSPS) is 10.0. The molecule has 0 aliphatic carbocycles. The molecule has 0 aliphatic rings. The molecule has 21 heavy (non-hydrogen) atoms. The molecule has 0 radical (unpaired) electrons. The number of carbonyl (C=O) groups is 2. The summed E-state index contributed by atoms with van der Waals surface area (Å²) in [4.78, 5) is 27.4. The van der Waals surface area contributed by atoms with E-state index < -0.39 is 0 Å². The van der Waals surface area contributed by atoms with Crippen molar-refractivity contribution in [3.8, 4) is 5.88 Å². The molecule has 1 aromatic carbocycles. The fourth-order valence-electron chi connectivity index (χ4n) is 1.81. The van der Waals surface area contributed by atoms with Gasteiger partial charge in [-0.3, -0.25) is 9.59 Å². The molecule has 0 aliphatic heterocycles. The number of esters is 1. The predicted molar refractivity (Wildman–Crippen MR) is 76.1 cm³/mol. The van der Waals surface area contributed by atoms with Gasteiger partial charge in [-0.05, 0) is 12.1 Å². The lowest BCUT2D eigenvalue weighted by Gasteiger charge is -2.09. The number of pyridine rings is 1. The molecule has 0 amide bonds. The molecule has 0 saturated heterocycles. The van der Waals surface area contributed by atoms with Gasteiger partial charge in [0.15, 0.2) is 5.78 Å². The van der Waals surface area contributed by atoms with Gasteiger partial charge < -0.3 is 9.47 Å². The number of aromatic nitrogens is 1. The number of hydrogen-bond acceptors (Lipinski definition) is 5. The van der Waals surface area contributed by atoms with E-state index in [4.69, 9.17) is 9.47 Å². The second kappa shape index (κ2) is 6.65. The molecule has 2 rings (SSSR count). The number of nitrogens with zero attached hydrogens (tertiary/aromatic N) is 1. The zero-order chi connectivity index (χ0) is 15.2. The lowest BCUT2D eigenvalue weighted by atomic mass is 10.0. The second-order valence-corrected chi connectivity index (χ2v) is 4.33. The van der Waals surface area contributed by atoms with E-state index in [9.17, 15) is 9.59 Å². The third kappa shape index (κ3) is 3.66. The van der Waals surface area contributed by atoms with Gasteiger partial charge in [-0.25, -0.2) is 4.98 Å². The molecule has 5 nitrogen and oxygen atoms in total. The molecule has 0 spiro atoms. The third-order valence-electron chi connectivity index (χ3n) is 2.82. The van der Waals surface area contributed by atoms with Gasteiger partial charge in [0.2, 0.25) is 5.88 Å². The zero-order valence-electron chi connectivity index (χ0n) is 11.8. The number of methoxy groups -OCH3 is 1. The van der Waals surface area contributed by atoms with Crippen LogP contribution >= 0.6 is 0 Å². The average molecular weight is 285 g/mol. The fraction of sp³-hybridized carbons (Fsp3) is 0.188. The lowest BCUT2D eigenvalue weighted by Crippen LogP contribution is -2.08. The Bertz CT molecular complexity index is 653. The summed E-state index contributed by atoms with van der Waals surface area (Å²) in [6.45, 7) is 1.37. The molecular formula is C16H15NO4. The summed E-state index contributed by atoms with van der Waals surface area (Å²) in [6, 6.07) is 12.2. The maximum absolute atomic E-state index is 12.4. The summed E-state index contributed by atoms with van der Waals surface area (Å²) >= 11 is 0. The predicted octanol–water partition coefficient (Wildman–Crippen LogP) is 2.38. The number of benzene rings is 1. The van der Waals surface area contributed by atoms with Gasteiger partial charge in [0.25, 0.3) is 0 Å². The number of ether oxygens (including phenoxy) is 2. The minimum absolute atomic E-state index is 0.0471. The Morgan fingerprint density at radius 1 is 1.10 bits per heavy atom. The molecule has 1 heterocycles. The van der Waals surface area contributed by atoms with E-state index in [2.05, 4.69) is 4.98 Å². The Balaban J connectivity index is 2.28. The summed E-state index contributed by atoms with van der Waals surface area (Å²) < 4.78 is 10.0. The summed E-state index contributed by atoms with van der Waals surface area (Å²) in [5.74, 6) is -0.340. The second-order valence-electron chi connectivity index (χ2n) is 4.33. The van der Waals surface area contributed by atoms with E-state index >= 15 is 0 Å². The number of hydrogen-bond donors (Lipinski definition) is 0. The third-order valence-corrected chi connectivity index (χ3v) is 2.82. The molecule has 1 aromatic heterocycles. The summed E-state index contributed by atoms with van der Waals surface area (Å²) in [6.07, 6.45) is 0. The van der Waals surface area contributed by atoms with Crippen LogP contribution < -0.4 is 4.74 Å². The van der Waals surface area contributed by atoms with Gasteiger partial charge in [0, 0.05) is 12.5 Å². The van der Waals surface area contributed by atoms with Crippen LogP contribution in [0.2, 0.25) is 0 Å². The van der Waals surface area contributed by atoms with Crippen LogP contribution in [0.4, 0.5) is 0 Å². The molecule has 0 saturated carbocycles. The molecule has 2 aromatic rings. The first-order valence-electron chi connectivity index (χ1n) is 6.39. The van der Waals surface area contributed by atoms with Crippen LogP contribution in [0.3, 0.4) is 0 Å². The van der Waals surface area contributed by atoms with Crippen LogP contribution in [0.1, 0.15) is 28.5 Å². The van der Waals surface area contributed by atoms with Crippen molar-refractivity contribution in [1.82, 2.24) is 4.98 Å². The number of rotatable bonds is 5. The Hall–Kier alpha value is -2.69. The van der Waals surface area contributed by atoms with Crippen molar-refractivity contribution in [2.45, 2.75) is 13.5 Å². The molecule has 108 valence electrons. The van der Waals surface area contributed by atoms with Crippen LogP contribution in [-0.4, -0.2) is 23.8 Å². The summed E-state index contributed by atoms with van der Waals surface area (Å²) in [7, 11) is 1.44. The largest absolute Gasteiger partial charge is 0.480 e. The first kappa shape index (κ1) is 14.7. The van der Waals surface area contributed by atoms with Crippen molar-refractivity contribution in [3.63, 3.8) is 0 Å². The maximum Gasteiger partial charge on any atom is 0.303 e. The monoisotopic (exact) mass is 285 g/mol. The standard InChI is InChI=1S/C16H15NO4/c1-11(18)21-10-13-8-9-14(16(17-13)20-2)15(19)12-6-4-3-5-7-12/h3-9H,10H2,1-2H3. The van der Waals surface area contributed by atoms with Crippen LogP contribution in [0.5, 0.6) is 5.88 Å². The molecule has 0 unspecified atom stereocenters. The molecule has 0 atom stereocenters. The van der Waals surface area contributed by atoms with Gasteiger partial charge in [0.1, 0.15) is 6.61 Å². The van der Waals surface area contributed by atoms with Crippen molar-refractivity contribution in [2.75, 3.05) is 7.11 Å². The molecule has 0 bridgehead atoms. The highest BCUT2D eigenvalue weighted by molar-refractivity contribution is 6.10. The van der Waals surface area contributed by atoms with E-state index in [-0.39, 0.29) is 24.2 Å². The first-order valence-corrected chi connectivity index (χ1v) is 6.39. The average Bonchev–Trinajstić information content (AvgIpc) is 2.52. The van der Waals surface area contributed by atoms with Crippen molar-refractivity contribution in [3.05, 3.63) is 59.3 Å². The van der Waals surface area contributed by atoms with E-state index in [1.807, 2.05) is 6.07 Å². The molecular weight excluding hydrogens is 270 g/mol. The van der Waals surface area contributed by atoms with Crippen molar-refractivity contribution >= 4 is 11.8 Å². The van der Waals surface area contributed by atoms with Crippen LogP contribution in [0.25, 0.3) is 0 Å². The zero-order valence-corrected chi connectivity index (χ0v) is 11.8. The Morgan fingerprint density at radius 3 is 2.43 bits per heavy atom. The van der Waals surface area contributed by atoms with Gasteiger partial charge >= 0.3 is 5.97 Å². The molecule has 0 N–H and O–H groups in total. The van der Waals surface area contributed by atoms with Crippen molar-refractivity contribution < 1.29 is 19.1 Å². The highest BCUT2D eigenvalue weighted by Gasteiger charge is 2.16. The topological polar surface area (TPSA) is 65.5 Å². The highest BCUT2D eigenvalue weighted by atomic mass is 16.5. The van der Waals surface area contributed by atoms with E-state index in [1.165, 1.54) is 14.0 Å². The van der Waals surface area contributed by atoms with Crippen molar-refractivity contribution in [1.29, 1.82) is 0 Å². The Labute approximate surface area is 122 Å². The van der Waals surface area contributed by atoms with Gasteiger partial charge in [-0.15, -0.1) is 0 Å². The molecule has 5 heteroatoms. The van der Waals surface area contributed by atoms with Crippen LogP contribution in [0.15, 0.2) is 42.5 Å². The minimum Gasteiger partial charge on any atom is -0.480 e. The summed E-state index contributed by atoms with van der Waals surface area (Å²) in [5, 5.41) is 0. The maximum atomic E-state index is 12.4. The number of ketones is 1. The smallest absolute Gasteiger partial charge is 0.303 e. The SMILES string of the molecule is COc1nc(COC(C)=O)ccc1C(=O)c1ccccc1. The molecule has 0 fully saturated rings.